The summed E-state index contributed by atoms with van der Waals surface area (Å²) in [5.74, 6) is 0. The van der Waals surface area contributed by atoms with Gasteiger partial charge in [0.1, 0.15) is 0 Å². The molecule has 1 amide bonds. The lowest BCUT2D eigenvalue weighted by molar-refractivity contribution is 0.186. The van der Waals surface area contributed by atoms with E-state index in [1.54, 1.807) is 0 Å². The van der Waals surface area contributed by atoms with E-state index in [1.165, 1.54) is 12.4 Å². The van der Waals surface area contributed by atoms with Gasteiger partial charge in [0.2, 0.25) is 0 Å². The van der Waals surface area contributed by atoms with E-state index in [-0.39, 0.29) is 11.5 Å². The van der Waals surface area contributed by atoms with Crippen molar-refractivity contribution in [2.75, 3.05) is 0 Å². The molecule has 6 heteroatoms. The van der Waals surface area contributed by atoms with Crippen LogP contribution in [0, 0.1) is 0 Å². The van der Waals surface area contributed by atoms with Crippen LogP contribution in [0.1, 0.15) is 20.8 Å². The number of ether oxygens (including phenoxy) is 1. The second-order valence-electron chi connectivity index (χ2n) is 3.95. The molecule has 1 heterocycles. The molecule has 0 unspecified atom stereocenters. The maximum atomic E-state index is 11.3. The molecule has 15 heavy (non-hydrogen) atoms. The second kappa shape index (κ2) is 4.57. The van der Waals surface area contributed by atoms with Gasteiger partial charge in [-0.05, 0) is 36.7 Å². The fourth-order valence-electron chi connectivity index (χ4n) is 0.768. The number of rotatable bonds is 1. The van der Waals surface area contributed by atoms with E-state index in [4.69, 9.17) is 4.74 Å². The van der Waals surface area contributed by atoms with Crippen molar-refractivity contribution in [2.24, 2.45) is 0 Å². The number of amides is 1. The van der Waals surface area contributed by atoms with E-state index in [2.05, 4.69) is 31.2 Å². The number of nitrogens with one attached hydrogen (secondary N) is 1. The Hall–Kier alpha value is -1.17. The number of halogens is 1. The molecule has 1 aromatic rings. The van der Waals surface area contributed by atoms with E-state index in [0.29, 0.717) is 0 Å². The second-order valence-corrected chi connectivity index (χ2v) is 4.86. The van der Waals surface area contributed by atoms with E-state index >= 15 is 0 Å². The van der Waals surface area contributed by atoms with Gasteiger partial charge >= 0.3 is 12.1 Å². The van der Waals surface area contributed by atoms with Crippen LogP contribution in [0.25, 0.3) is 0 Å². The van der Waals surface area contributed by atoms with Crippen LogP contribution in [0.2, 0.25) is 0 Å². The van der Waals surface area contributed by atoms with Crippen LogP contribution in [-0.2, 0) is 0 Å². The summed E-state index contributed by atoms with van der Waals surface area (Å²) >= 11 is 3.18. The van der Waals surface area contributed by atoms with Crippen LogP contribution < -0.4 is 10.1 Å². The smallest absolute Gasteiger partial charge is 0.374 e. The minimum atomic E-state index is -0.565. The van der Waals surface area contributed by atoms with Gasteiger partial charge in [-0.1, -0.05) is 0 Å². The number of carbonyl (C=O) groups excluding carboxylic acids is 1. The fourth-order valence-corrected chi connectivity index (χ4v) is 0.973. The number of hydrogen-bond acceptors (Lipinski definition) is 4. The van der Waals surface area contributed by atoms with Crippen molar-refractivity contribution in [3.05, 3.63) is 16.9 Å². The molecule has 0 aliphatic carbocycles. The number of aromatic nitrogens is 2. The van der Waals surface area contributed by atoms with Gasteiger partial charge < -0.3 is 10.1 Å². The highest BCUT2D eigenvalue weighted by Crippen LogP contribution is 2.08. The lowest BCUT2D eigenvalue weighted by Gasteiger charge is -2.19. The van der Waals surface area contributed by atoms with E-state index < -0.39 is 6.09 Å². The maximum absolute atomic E-state index is 11.3. The Morgan fingerprint density at radius 3 is 2.40 bits per heavy atom. The molecule has 1 aromatic heterocycles. The minimum absolute atomic E-state index is 0.0277. The molecule has 1 N–H and O–H groups in total. The monoisotopic (exact) mass is 273 g/mol. The standard InChI is InChI=1S/C9H12BrN3O2/c1-9(2,3)13-8(14)15-7-11-4-6(10)5-12-7/h4-5H,1-3H3,(H,13,14). The Morgan fingerprint density at radius 2 is 1.93 bits per heavy atom. The first-order valence-corrected chi connectivity index (χ1v) is 5.14. The number of hydrogen-bond donors (Lipinski definition) is 1. The van der Waals surface area contributed by atoms with Crippen molar-refractivity contribution in [2.45, 2.75) is 26.3 Å². The average molecular weight is 274 g/mol. The molecule has 0 aromatic carbocycles. The number of carbonyl (C=O) groups is 1. The van der Waals surface area contributed by atoms with Crippen LogP contribution >= 0.6 is 15.9 Å². The summed E-state index contributed by atoms with van der Waals surface area (Å²) in [6, 6.07) is 0.0277. The molecule has 0 saturated heterocycles. The SMILES string of the molecule is CC(C)(C)NC(=O)Oc1ncc(Br)cn1. The highest BCUT2D eigenvalue weighted by molar-refractivity contribution is 9.10. The third-order valence-electron chi connectivity index (χ3n) is 1.26. The molecule has 0 fully saturated rings. The van der Waals surface area contributed by atoms with Gasteiger partial charge in [0.05, 0.1) is 4.47 Å². The van der Waals surface area contributed by atoms with Crippen molar-refractivity contribution >= 4 is 22.0 Å². The summed E-state index contributed by atoms with van der Waals surface area (Å²) in [7, 11) is 0. The summed E-state index contributed by atoms with van der Waals surface area (Å²) in [6.07, 6.45) is 2.45. The van der Waals surface area contributed by atoms with Gasteiger partial charge in [-0.25, -0.2) is 14.8 Å². The number of nitrogens with zero attached hydrogens (tertiary/aromatic N) is 2. The zero-order valence-corrected chi connectivity index (χ0v) is 10.3. The Morgan fingerprint density at radius 1 is 1.40 bits per heavy atom. The first-order valence-electron chi connectivity index (χ1n) is 4.34. The van der Waals surface area contributed by atoms with Gasteiger partial charge in [-0.15, -0.1) is 0 Å². The molecule has 5 nitrogen and oxygen atoms in total. The van der Waals surface area contributed by atoms with E-state index in [1.807, 2.05) is 20.8 Å². The topological polar surface area (TPSA) is 64.1 Å². The lowest BCUT2D eigenvalue weighted by atomic mass is 10.1. The fraction of sp³-hybridized carbons (Fsp3) is 0.444. The molecule has 0 aliphatic rings. The molecular weight excluding hydrogens is 262 g/mol. The van der Waals surface area contributed by atoms with Gasteiger partial charge in [-0.2, -0.15) is 0 Å². The Balaban J connectivity index is 2.55. The third-order valence-corrected chi connectivity index (χ3v) is 1.67. The molecule has 1 rings (SSSR count). The largest absolute Gasteiger partial charge is 0.415 e. The first-order chi connectivity index (χ1) is 6.87. The molecular formula is C9H12BrN3O2. The van der Waals surface area contributed by atoms with Crippen LogP contribution in [0.15, 0.2) is 16.9 Å². The normalized spacial score (nSPS) is 10.9. The Labute approximate surface area is 96.4 Å². The summed E-state index contributed by atoms with van der Waals surface area (Å²) in [5, 5.41) is 2.63. The van der Waals surface area contributed by atoms with Crippen molar-refractivity contribution in [3.63, 3.8) is 0 Å². The van der Waals surface area contributed by atoms with Crippen molar-refractivity contribution < 1.29 is 9.53 Å². The minimum Gasteiger partial charge on any atom is -0.374 e. The van der Waals surface area contributed by atoms with Crippen LogP contribution in [0.4, 0.5) is 4.79 Å². The Kier molecular flexibility index (Phi) is 3.62. The quantitative estimate of drug-likeness (QED) is 0.852. The van der Waals surface area contributed by atoms with Crippen molar-refractivity contribution in [1.29, 1.82) is 0 Å². The van der Waals surface area contributed by atoms with Gasteiger partial charge in [0.25, 0.3) is 0 Å². The maximum Gasteiger partial charge on any atom is 0.415 e. The van der Waals surface area contributed by atoms with Crippen LogP contribution in [0.5, 0.6) is 6.01 Å². The van der Waals surface area contributed by atoms with Gasteiger partial charge in [0, 0.05) is 17.9 Å². The summed E-state index contributed by atoms with van der Waals surface area (Å²) in [5.41, 5.74) is -0.341. The third kappa shape index (κ3) is 4.73. The first kappa shape index (κ1) is 11.9. The van der Waals surface area contributed by atoms with E-state index in [0.717, 1.165) is 4.47 Å². The molecule has 0 aliphatic heterocycles. The van der Waals surface area contributed by atoms with E-state index in [9.17, 15) is 4.79 Å². The van der Waals surface area contributed by atoms with Gasteiger partial charge in [-0.3, -0.25) is 0 Å². The predicted octanol–water partition coefficient (Wildman–Crippen LogP) is 2.13. The molecule has 0 spiro atoms. The molecule has 82 valence electrons. The molecule has 0 radical (unpaired) electrons. The highest BCUT2D eigenvalue weighted by Gasteiger charge is 2.15. The Bertz CT molecular complexity index is 345. The lowest BCUT2D eigenvalue weighted by Crippen LogP contribution is -2.42. The summed E-state index contributed by atoms with van der Waals surface area (Å²) in [4.78, 5) is 18.9. The molecule has 0 saturated carbocycles. The van der Waals surface area contributed by atoms with Gasteiger partial charge in [0.15, 0.2) is 0 Å². The van der Waals surface area contributed by atoms with Crippen LogP contribution in [-0.4, -0.2) is 21.6 Å². The molecule has 0 atom stereocenters. The average Bonchev–Trinajstić information content (AvgIpc) is 2.05. The zero-order valence-electron chi connectivity index (χ0n) is 8.74. The zero-order chi connectivity index (χ0) is 11.5. The molecule has 0 bridgehead atoms. The van der Waals surface area contributed by atoms with Crippen molar-refractivity contribution in [3.8, 4) is 6.01 Å². The predicted molar refractivity (Wildman–Crippen MR) is 58.6 cm³/mol. The summed E-state index contributed by atoms with van der Waals surface area (Å²) in [6.45, 7) is 5.57. The highest BCUT2D eigenvalue weighted by atomic mass is 79.9. The summed E-state index contributed by atoms with van der Waals surface area (Å²) < 4.78 is 5.58. The van der Waals surface area contributed by atoms with Crippen molar-refractivity contribution in [1.82, 2.24) is 15.3 Å². The van der Waals surface area contributed by atoms with Crippen LogP contribution in [0.3, 0.4) is 0 Å².